The molecule has 1 aliphatic heterocycles. The van der Waals surface area contributed by atoms with E-state index in [1.807, 2.05) is 18.7 Å². The van der Waals surface area contributed by atoms with Crippen molar-refractivity contribution in [2.24, 2.45) is 5.92 Å². The van der Waals surface area contributed by atoms with Crippen LogP contribution in [0.25, 0.3) is 0 Å². The van der Waals surface area contributed by atoms with Gasteiger partial charge in [0.1, 0.15) is 0 Å². The summed E-state index contributed by atoms with van der Waals surface area (Å²) in [5, 5.41) is 3.01. The highest BCUT2D eigenvalue weighted by molar-refractivity contribution is 5.76. The van der Waals surface area contributed by atoms with Crippen LogP contribution < -0.4 is 15.8 Å². The van der Waals surface area contributed by atoms with Gasteiger partial charge in [-0.15, -0.1) is 0 Å². The van der Waals surface area contributed by atoms with Crippen LogP contribution in [-0.2, 0) is 16.0 Å². The molecule has 1 aliphatic rings. The lowest BCUT2D eigenvalue weighted by molar-refractivity contribution is -0.121. The summed E-state index contributed by atoms with van der Waals surface area (Å²) in [6.45, 7) is 10.9. The molecule has 0 aliphatic carbocycles. The monoisotopic (exact) mass is 364 g/mol. The minimum absolute atomic E-state index is 0.0164. The Morgan fingerprint density at radius 2 is 1.96 bits per heavy atom. The van der Waals surface area contributed by atoms with E-state index in [1.165, 1.54) is 0 Å². The Kier molecular flexibility index (Phi) is 7.63. The topological polar surface area (TPSA) is 87.3 Å². The molecule has 0 spiro atoms. The predicted octanol–water partition coefficient (Wildman–Crippen LogP) is 1.79. The number of nitrogens with one attached hydrogen (secondary N) is 2. The number of ether oxygens (including phenoxy) is 1. The van der Waals surface area contributed by atoms with Crippen LogP contribution >= 0.6 is 0 Å². The Bertz CT molecular complexity index is 651. The van der Waals surface area contributed by atoms with E-state index in [4.69, 9.17) is 4.74 Å². The van der Waals surface area contributed by atoms with Gasteiger partial charge in [-0.25, -0.2) is 4.98 Å². The molecule has 1 aromatic heterocycles. The normalized spacial score (nSPS) is 16.0. The summed E-state index contributed by atoms with van der Waals surface area (Å²) in [5.74, 6) is 1.20. The average Bonchev–Trinajstić information content (AvgIpc) is 2.60. The third-order valence-corrected chi connectivity index (χ3v) is 4.71. The summed E-state index contributed by atoms with van der Waals surface area (Å²) in [6, 6.07) is 0.158. The zero-order valence-electron chi connectivity index (χ0n) is 16.4. The number of H-pyrrole nitrogens is 1. The number of hydrogen-bond acceptors (Lipinski definition) is 5. The molecule has 1 fully saturated rings. The lowest BCUT2D eigenvalue weighted by Gasteiger charge is -2.27. The second-order valence-corrected chi connectivity index (χ2v) is 7.49. The number of amides is 1. The van der Waals surface area contributed by atoms with Crippen LogP contribution in [0.15, 0.2) is 4.79 Å². The molecular weight excluding hydrogens is 332 g/mol. The van der Waals surface area contributed by atoms with Crippen molar-refractivity contribution in [2.75, 3.05) is 31.2 Å². The highest BCUT2D eigenvalue weighted by Crippen LogP contribution is 2.11. The van der Waals surface area contributed by atoms with Crippen LogP contribution in [0.5, 0.6) is 0 Å². The largest absolute Gasteiger partial charge is 0.378 e. The zero-order valence-corrected chi connectivity index (χ0v) is 16.4. The summed E-state index contributed by atoms with van der Waals surface area (Å²) in [5.41, 5.74) is 1.13. The number of rotatable bonds is 8. The van der Waals surface area contributed by atoms with Crippen molar-refractivity contribution in [3.8, 4) is 0 Å². The van der Waals surface area contributed by atoms with Crippen LogP contribution in [-0.4, -0.2) is 48.2 Å². The minimum Gasteiger partial charge on any atom is -0.378 e. The van der Waals surface area contributed by atoms with Crippen molar-refractivity contribution in [2.45, 2.75) is 59.4 Å². The van der Waals surface area contributed by atoms with Crippen LogP contribution in [0.1, 0.15) is 51.3 Å². The second kappa shape index (κ2) is 9.71. The van der Waals surface area contributed by atoms with Crippen LogP contribution in [0.2, 0.25) is 0 Å². The van der Waals surface area contributed by atoms with Gasteiger partial charge in [0.05, 0.1) is 13.2 Å². The van der Waals surface area contributed by atoms with Gasteiger partial charge >= 0.3 is 0 Å². The molecule has 0 aromatic carbocycles. The quantitative estimate of drug-likeness (QED) is 0.734. The SMILES string of the molecule is Cc1nc(N2CCOCC2)[nH]c(=O)c1CCC(=O)NC(C)CCC(C)C. The molecule has 7 heteroatoms. The van der Waals surface area contributed by atoms with Gasteiger partial charge in [0, 0.05) is 36.8 Å². The zero-order chi connectivity index (χ0) is 19.1. The third-order valence-electron chi connectivity index (χ3n) is 4.71. The van der Waals surface area contributed by atoms with Crippen LogP contribution in [0.4, 0.5) is 5.95 Å². The van der Waals surface area contributed by atoms with E-state index in [1.54, 1.807) is 0 Å². The van der Waals surface area contributed by atoms with E-state index in [2.05, 4.69) is 29.1 Å². The van der Waals surface area contributed by atoms with Crippen molar-refractivity contribution in [1.29, 1.82) is 0 Å². The van der Waals surface area contributed by atoms with Crippen LogP contribution in [0, 0.1) is 12.8 Å². The molecule has 1 atom stereocenters. The number of morpholine rings is 1. The summed E-state index contributed by atoms with van der Waals surface area (Å²) < 4.78 is 5.33. The fourth-order valence-corrected chi connectivity index (χ4v) is 3.06. The Morgan fingerprint density at radius 1 is 1.27 bits per heavy atom. The van der Waals surface area contributed by atoms with Crippen molar-refractivity contribution in [3.05, 3.63) is 21.6 Å². The summed E-state index contributed by atoms with van der Waals surface area (Å²) in [7, 11) is 0. The van der Waals surface area contributed by atoms with Gasteiger partial charge in [-0.05, 0) is 39.0 Å². The van der Waals surface area contributed by atoms with Gasteiger partial charge < -0.3 is 15.0 Å². The molecule has 0 radical (unpaired) electrons. The lowest BCUT2D eigenvalue weighted by Crippen LogP contribution is -2.39. The fraction of sp³-hybridized carbons (Fsp3) is 0.737. The first-order valence-electron chi connectivity index (χ1n) is 9.58. The molecule has 1 amide bonds. The summed E-state index contributed by atoms with van der Waals surface area (Å²) >= 11 is 0. The van der Waals surface area contributed by atoms with E-state index < -0.39 is 0 Å². The summed E-state index contributed by atoms with van der Waals surface area (Å²) in [4.78, 5) is 34.0. The van der Waals surface area contributed by atoms with Gasteiger partial charge in [0.25, 0.3) is 5.56 Å². The Labute approximate surface area is 155 Å². The molecule has 2 N–H and O–H groups in total. The minimum atomic E-state index is -0.153. The first kappa shape index (κ1) is 20.4. The summed E-state index contributed by atoms with van der Waals surface area (Å²) in [6.07, 6.45) is 2.76. The smallest absolute Gasteiger partial charge is 0.255 e. The molecule has 2 rings (SSSR count). The molecule has 1 aromatic rings. The van der Waals surface area contributed by atoms with Gasteiger partial charge in [0.15, 0.2) is 0 Å². The number of hydrogen-bond donors (Lipinski definition) is 2. The number of anilines is 1. The highest BCUT2D eigenvalue weighted by Gasteiger charge is 2.17. The number of carbonyl (C=O) groups is 1. The highest BCUT2D eigenvalue weighted by atomic mass is 16.5. The number of nitrogens with zero attached hydrogens (tertiary/aromatic N) is 2. The van der Waals surface area contributed by atoms with E-state index >= 15 is 0 Å². The number of carbonyl (C=O) groups excluding carboxylic acids is 1. The van der Waals surface area contributed by atoms with E-state index in [9.17, 15) is 9.59 Å². The fourth-order valence-electron chi connectivity index (χ4n) is 3.06. The number of aromatic amines is 1. The molecule has 146 valence electrons. The van der Waals surface area contributed by atoms with Gasteiger partial charge in [-0.1, -0.05) is 13.8 Å². The van der Waals surface area contributed by atoms with E-state index in [-0.39, 0.29) is 17.5 Å². The lowest BCUT2D eigenvalue weighted by atomic mass is 10.0. The predicted molar refractivity (Wildman–Crippen MR) is 103 cm³/mol. The van der Waals surface area contributed by atoms with Crippen molar-refractivity contribution >= 4 is 11.9 Å². The van der Waals surface area contributed by atoms with E-state index in [0.717, 1.165) is 25.9 Å². The first-order valence-corrected chi connectivity index (χ1v) is 9.58. The maximum Gasteiger partial charge on any atom is 0.255 e. The third kappa shape index (κ3) is 6.12. The van der Waals surface area contributed by atoms with Crippen molar-refractivity contribution in [1.82, 2.24) is 15.3 Å². The standard InChI is InChI=1S/C19H32N4O3/c1-13(2)5-6-14(3)20-17(24)8-7-16-15(4)21-19(22-18(16)25)23-9-11-26-12-10-23/h13-14H,5-12H2,1-4H3,(H,20,24)(H,21,22,25). The van der Waals surface area contributed by atoms with Crippen molar-refractivity contribution < 1.29 is 9.53 Å². The van der Waals surface area contributed by atoms with Gasteiger partial charge in [-0.2, -0.15) is 0 Å². The maximum atomic E-state index is 12.4. The molecule has 1 unspecified atom stereocenters. The number of aryl methyl sites for hydroxylation is 1. The molecule has 26 heavy (non-hydrogen) atoms. The molecule has 1 saturated heterocycles. The Morgan fingerprint density at radius 3 is 2.58 bits per heavy atom. The average molecular weight is 364 g/mol. The first-order chi connectivity index (χ1) is 12.4. The molecule has 2 heterocycles. The maximum absolute atomic E-state index is 12.4. The molecule has 7 nitrogen and oxygen atoms in total. The Hall–Kier alpha value is -1.89. The molecular formula is C19H32N4O3. The molecule has 0 bridgehead atoms. The Balaban J connectivity index is 1.90. The van der Waals surface area contributed by atoms with E-state index in [0.29, 0.717) is 49.2 Å². The number of aromatic nitrogens is 2. The second-order valence-electron chi connectivity index (χ2n) is 7.49. The van der Waals surface area contributed by atoms with Crippen molar-refractivity contribution in [3.63, 3.8) is 0 Å². The molecule has 0 saturated carbocycles. The van der Waals surface area contributed by atoms with Crippen LogP contribution in [0.3, 0.4) is 0 Å². The van der Waals surface area contributed by atoms with Gasteiger partial charge in [-0.3, -0.25) is 14.6 Å². The van der Waals surface area contributed by atoms with Gasteiger partial charge in [0.2, 0.25) is 11.9 Å².